The predicted molar refractivity (Wildman–Crippen MR) is 75.5 cm³/mol. The Morgan fingerprint density at radius 2 is 2.11 bits per heavy atom. The summed E-state index contributed by atoms with van der Waals surface area (Å²) in [5, 5.41) is 5.09. The van der Waals surface area contributed by atoms with Crippen LogP contribution in [0.2, 0.25) is 10.0 Å². The Hall–Kier alpha value is -1.52. The van der Waals surface area contributed by atoms with Crippen molar-refractivity contribution in [3.05, 3.63) is 51.8 Å². The van der Waals surface area contributed by atoms with Gasteiger partial charge >= 0.3 is 0 Å². The van der Waals surface area contributed by atoms with Crippen molar-refractivity contribution in [2.45, 2.75) is 6.54 Å². The number of aryl methyl sites for hydroxylation is 1. The molecule has 4 nitrogen and oxygen atoms in total. The van der Waals surface area contributed by atoms with Crippen molar-refractivity contribution in [1.82, 2.24) is 14.7 Å². The largest absolute Gasteiger partial charge is 0.336 e. The van der Waals surface area contributed by atoms with E-state index in [0.717, 1.165) is 5.69 Å². The van der Waals surface area contributed by atoms with Crippen molar-refractivity contribution >= 4 is 29.1 Å². The van der Waals surface area contributed by atoms with Crippen LogP contribution >= 0.6 is 23.2 Å². The Morgan fingerprint density at radius 3 is 2.68 bits per heavy atom. The first-order valence-electron chi connectivity index (χ1n) is 5.66. The van der Waals surface area contributed by atoms with Gasteiger partial charge in [0.25, 0.3) is 5.91 Å². The van der Waals surface area contributed by atoms with Crippen LogP contribution in [0.5, 0.6) is 0 Å². The predicted octanol–water partition coefficient (Wildman–Crippen LogP) is 3.00. The van der Waals surface area contributed by atoms with Gasteiger partial charge in [0.15, 0.2) is 0 Å². The Morgan fingerprint density at radius 1 is 1.37 bits per heavy atom. The minimum absolute atomic E-state index is 0.160. The molecule has 1 amide bonds. The molecule has 1 heterocycles. The smallest absolute Gasteiger partial charge is 0.255 e. The summed E-state index contributed by atoms with van der Waals surface area (Å²) in [5.41, 5.74) is 1.26. The zero-order valence-corrected chi connectivity index (χ0v) is 12.1. The van der Waals surface area contributed by atoms with Gasteiger partial charge in [0, 0.05) is 25.3 Å². The van der Waals surface area contributed by atoms with Gasteiger partial charge in [-0.2, -0.15) is 5.10 Å². The molecule has 19 heavy (non-hydrogen) atoms. The van der Waals surface area contributed by atoms with Crippen LogP contribution < -0.4 is 0 Å². The first-order chi connectivity index (χ1) is 8.97. The van der Waals surface area contributed by atoms with Crippen molar-refractivity contribution in [1.29, 1.82) is 0 Å². The van der Waals surface area contributed by atoms with E-state index in [4.69, 9.17) is 23.2 Å². The zero-order chi connectivity index (χ0) is 14.0. The third-order valence-electron chi connectivity index (χ3n) is 2.68. The summed E-state index contributed by atoms with van der Waals surface area (Å²) in [5.74, 6) is -0.160. The molecule has 6 heteroatoms. The second-order valence-corrected chi connectivity index (χ2v) is 5.11. The van der Waals surface area contributed by atoms with Crippen LogP contribution in [0.4, 0.5) is 0 Å². The SMILES string of the molecule is CN(Cc1ccn(C)n1)C(=O)c1ccc(Cl)cc1Cl. The van der Waals surface area contributed by atoms with Gasteiger partial charge in [-0.25, -0.2) is 0 Å². The topological polar surface area (TPSA) is 38.1 Å². The van der Waals surface area contributed by atoms with Crippen LogP contribution in [-0.2, 0) is 13.6 Å². The van der Waals surface area contributed by atoms with E-state index in [1.54, 1.807) is 34.8 Å². The molecule has 1 aromatic carbocycles. The summed E-state index contributed by atoms with van der Waals surface area (Å²) >= 11 is 11.8. The monoisotopic (exact) mass is 297 g/mol. The summed E-state index contributed by atoms with van der Waals surface area (Å²) in [4.78, 5) is 13.8. The van der Waals surface area contributed by atoms with E-state index < -0.39 is 0 Å². The maximum Gasteiger partial charge on any atom is 0.255 e. The summed E-state index contributed by atoms with van der Waals surface area (Å²) in [6.45, 7) is 0.429. The molecule has 0 aliphatic rings. The summed E-state index contributed by atoms with van der Waals surface area (Å²) < 4.78 is 1.70. The maximum absolute atomic E-state index is 12.3. The van der Waals surface area contributed by atoms with Crippen LogP contribution in [0.1, 0.15) is 16.1 Å². The van der Waals surface area contributed by atoms with Gasteiger partial charge in [-0.1, -0.05) is 23.2 Å². The van der Waals surface area contributed by atoms with Crippen molar-refractivity contribution in [2.75, 3.05) is 7.05 Å². The lowest BCUT2D eigenvalue weighted by Crippen LogP contribution is -2.26. The lowest BCUT2D eigenvalue weighted by molar-refractivity contribution is 0.0783. The molecule has 0 unspecified atom stereocenters. The minimum Gasteiger partial charge on any atom is -0.336 e. The fourth-order valence-electron chi connectivity index (χ4n) is 1.73. The lowest BCUT2D eigenvalue weighted by atomic mass is 10.2. The fourth-order valence-corrected chi connectivity index (χ4v) is 2.22. The van der Waals surface area contributed by atoms with Crippen LogP contribution in [0.15, 0.2) is 30.5 Å². The van der Waals surface area contributed by atoms with E-state index in [1.807, 2.05) is 19.3 Å². The van der Waals surface area contributed by atoms with Gasteiger partial charge in [-0.15, -0.1) is 0 Å². The van der Waals surface area contributed by atoms with E-state index in [2.05, 4.69) is 5.10 Å². The van der Waals surface area contributed by atoms with E-state index in [0.29, 0.717) is 22.2 Å². The Bertz CT molecular complexity index is 610. The molecule has 0 bridgehead atoms. The quantitative estimate of drug-likeness (QED) is 0.873. The first kappa shape index (κ1) is 13.9. The highest BCUT2D eigenvalue weighted by molar-refractivity contribution is 6.36. The molecule has 0 fully saturated rings. The summed E-state index contributed by atoms with van der Waals surface area (Å²) in [6, 6.07) is 6.70. The molecule has 2 aromatic rings. The first-order valence-corrected chi connectivity index (χ1v) is 6.42. The van der Waals surface area contributed by atoms with Crippen LogP contribution in [0.3, 0.4) is 0 Å². The molecule has 2 rings (SSSR count). The summed E-state index contributed by atoms with van der Waals surface area (Å²) in [6.07, 6.45) is 1.84. The van der Waals surface area contributed by atoms with Crippen LogP contribution in [0.25, 0.3) is 0 Å². The standard InChI is InChI=1S/C13H13Cl2N3O/c1-17(8-10-5-6-18(2)16-10)13(19)11-4-3-9(14)7-12(11)15/h3-7H,8H2,1-2H3. The van der Waals surface area contributed by atoms with Crippen LogP contribution in [-0.4, -0.2) is 27.6 Å². The molecular weight excluding hydrogens is 285 g/mol. The molecule has 0 radical (unpaired) electrons. The van der Waals surface area contributed by atoms with Crippen molar-refractivity contribution in [2.24, 2.45) is 7.05 Å². The Labute approximate surface area is 121 Å². The number of halogens is 2. The van der Waals surface area contributed by atoms with Crippen molar-refractivity contribution in [3.63, 3.8) is 0 Å². The van der Waals surface area contributed by atoms with Crippen LogP contribution in [0, 0.1) is 0 Å². The Kier molecular flexibility index (Phi) is 4.12. The van der Waals surface area contributed by atoms with Gasteiger partial charge in [0.1, 0.15) is 0 Å². The fraction of sp³-hybridized carbons (Fsp3) is 0.231. The zero-order valence-electron chi connectivity index (χ0n) is 10.6. The third-order valence-corrected chi connectivity index (χ3v) is 3.22. The molecule has 0 saturated carbocycles. The molecule has 1 aromatic heterocycles. The number of rotatable bonds is 3. The molecular formula is C13H13Cl2N3O. The number of nitrogens with zero attached hydrogens (tertiary/aromatic N) is 3. The normalized spacial score (nSPS) is 10.5. The second-order valence-electron chi connectivity index (χ2n) is 4.27. The van der Waals surface area contributed by atoms with E-state index >= 15 is 0 Å². The molecule has 0 saturated heterocycles. The lowest BCUT2D eigenvalue weighted by Gasteiger charge is -2.16. The average Bonchev–Trinajstić information content (AvgIpc) is 2.74. The number of carbonyl (C=O) groups excluding carboxylic acids is 1. The average molecular weight is 298 g/mol. The van der Waals surface area contributed by atoms with Gasteiger partial charge < -0.3 is 4.90 Å². The van der Waals surface area contributed by atoms with E-state index in [1.165, 1.54) is 0 Å². The molecule has 0 N–H and O–H groups in total. The van der Waals surface area contributed by atoms with E-state index in [9.17, 15) is 4.79 Å². The number of carbonyl (C=O) groups is 1. The minimum atomic E-state index is -0.160. The second kappa shape index (κ2) is 5.63. The number of amides is 1. The number of aromatic nitrogens is 2. The number of hydrogen-bond donors (Lipinski definition) is 0. The van der Waals surface area contributed by atoms with Crippen molar-refractivity contribution < 1.29 is 4.79 Å². The van der Waals surface area contributed by atoms with Gasteiger partial charge in [0.05, 0.1) is 22.8 Å². The highest BCUT2D eigenvalue weighted by atomic mass is 35.5. The molecule has 0 spiro atoms. The van der Waals surface area contributed by atoms with Crippen molar-refractivity contribution in [3.8, 4) is 0 Å². The third kappa shape index (κ3) is 3.28. The number of benzene rings is 1. The molecule has 0 atom stereocenters. The van der Waals surface area contributed by atoms with Gasteiger partial charge in [-0.3, -0.25) is 9.48 Å². The van der Waals surface area contributed by atoms with Gasteiger partial charge in [0.2, 0.25) is 0 Å². The van der Waals surface area contributed by atoms with Gasteiger partial charge in [-0.05, 0) is 24.3 Å². The molecule has 100 valence electrons. The molecule has 0 aliphatic heterocycles. The highest BCUT2D eigenvalue weighted by Gasteiger charge is 2.16. The summed E-state index contributed by atoms with van der Waals surface area (Å²) in [7, 11) is 3.54. The maximum atomic E-state index is 12.3. The van der Waals surface area contributed by atoms with E-state index in [-0.39, 0.29) is 5.91 Å². The number of hydrogen-bond acceptors (Lipinski definition) is 2. The Balaban J connectivity index is 2.14. The highest BCUT2D eigenvalue weighted by Crippen LogP contribution is 2.22. The molecule has 0 aliphatic carbocycles.